The first kappa shape index (κ1) is 9.56. The maximum absolute atomic E-state index is 12.2. The zero-order valence-corrected chi connectivity index (χ0v) is 8.25. The second-order valence-electron chi connectivity index (χ2n) is 2.11. The van der Waals surface area contributed by atoms with Gasteiger partial charge in [0.15, 0.2) is 0 Å². The molecule has 1 aromatic heterocycles. The fourth-order valence-electron chi connectivity index (χ4n) is 0.759. The van der Waals surface area contributed by atoms with Crippen molar-refractivity contribution in [2.24, 2.45) is 0 Å². The average molecular weight is 286 g/mol. The Morgan fingerprint density at radius 1 is 1.67 bits per heavy atom. The monoisotopic (exact) mass is 286 g/mol. The number of nitrogens with zero attached hydrogens (tertiary/aromatic N) is 2. The predicted octanol–water partition coefficient (Wildman–Crippen LogP) is 1.55. The van der Waals surface area contributed by atoms with Crippen LogP contribution >= 0.6 is 22.6 Å². The van der Waals surface area contributed by atoms with E-state index in [0.717, 1.165) is 0 Å². The predicted molar refractivity (Wildman–Crippen MR) is 47.2 cm³/mol. The molecule has 1 aromatic rings. The average Bonchev–Trinajstić information content (AvgIpc) is 1.97. The Labute approximate surface area is 80.6 Å². The first-order chi connectivity index (χ1) is 5.54. The minimum atomic E-state index is -2.82. The maximum atomic E-state index is 12.2. The van der Waals surface area contributed by atoms with Crippen molar-refractivity contribution >= 4 is 22.6 Å². The van der Waals surface area contributed by atoms with Gasteiger partial charge in [-0.2, -0.15) is 8.78 Å². The lowest BCUT2D eigenvalue weighted by molar-refractivity contribution is 0.0624. The summed E-state index contributed by atoms with van der Waals surface area (Å²) in [5, 5.41) is 0. The Bertz CT molecular complexity index is 350. The van der Waals surface area contributed by atoms with Gasteiger partial charge in [-0.25, -0.2) is 9.55 Å². The first-order valence-corrected chi connectivity index (χ1v) is 4.13. The lowest BCUT2D eigenvalue weighted by Gasteiger charge is -2.06. The summed E-state index contributed by atoms with van der Waals surface area (Å²) in [6.45, 7) is -1.45. The van der Waals surface area contributed by atoms with E-state index in [0.29, 0.717) is 4.57 Å². The third kappa shape index (κ3) is 1.62. The van der Waals surface area contributed by atoms with Crippen molar-refractivity contribution in [2.45, 2.75) is 13.5 Å². The van der Waals surface area contributed by atoms with Crippen LogP contribution in [-0.2, 0) is 0 Å². The van der Waals surface area contributed by atoms with E-state index in [4.69, 9.17) is 0 Å². The highest BCUT2D eigenvalue weighted by molar-refractivity contribution is 14.1. The van der Waals surface area contributed by atoms with Crippen molar-refractivity contribution in [3.8, 4) is 0 Å². The molecule has 0 aromatic carbocycles. The van der Waals surface area contributed by atoms with Crippen LogP contribution in [0, 0.1) is 10.5 Å². The van der Waals surface area contributed by atoms with Gasteiger partial charge in [0, 0.05) is 6.20 Å². The Balaban J connectivity index is 3.44. The van der Waals surface area contributed by atoms with Crippen LogP contribution in [0.2, 0.25) is 0 Å². The molecule has 1 heterocycles. The largest absolute Gasteiger partial charge is 0.322 e. The molecule has 1 rings (SSSR count). The van der Waals surface area contributed by atoms with E-state index < -0.39 is 12.1 Å². The van der Waals surface area contributed by atoms with Gasteiger partial charge in [-0.15, -0.1) is 0 Å². The molecule has 0 spiro atoms. The van der Waals surface area contributed by atoms with Gasteiger partial charge < -0.3 is 0 Å². The van der Waals surface area contributed by atoms with Gasteiger partial charge in [-0.05, 0) is 29.5 Å². The van der Waals surface area contributed by atoms with E-state index >= 15 is 0 Å². The van der Waals surface area contributed by atoms with E-state index in [1.165, 1.54) is 13.1 Å². The van der Waals surface area contributed by atoms with Gasteiger partial charge in [-0.1, -0.05) is 0 Å². The van der Waals surface area contributed by atoms with Gasteiger partial charge in [0.1, 0.15) is 5.82 Å². The van der Waals surface area contributed by atoms with Crippen LogP contribution < -0.4 is 5.56 Å². The van der Waals surface area contributed by atoms with Crippen LogP contribution in [0.4, 0.5) is 8.78 Å². The van der Waals surface area contributed by atoms with Crippen LogP contribution in [0.15, 0.2) is 11.0 Å². The summed E-state index contributed by atoms with van der Waals surface area (Å²) < 4.78 is 24.9. The zero-order valence-electron chi connectivity index (χ0n) is 6.09. The van der Waals surface area contributed by atoms with E-state index in [-0.39, 0.29) is 9.39 Å². The molecule has 12 heavy (non-hydrogen) atoms. The topological polar surface area (TPSA) is 34.9 Å². The van der Waals surface area contributed by atoms with Crippen LogP contribution in [-0.4, -0.2) is 9.55 Å². The lowest BCUT2D eigenvalue weighted by Crippen LogP contribution is -2.26. The maximum Gasteiger partial charge on any atom is 0.322 e. The molecule has 0 radical (unpaired) electrons. The van der Waals surface area contributed by atoms with Gasteiger partial charge in [0.2, 0.25) is 0 Å². The third-order valence-electron chi connectivity index (χ3n) is 1.33. The van der Waals surface area contributed by atoms with Crippen molar-refractivity contribution < 1.29 is 8.78 Å². The zero-order chi connectivity index (χ0) is 9.30. The summed E-state index contributed by atoms with van der Waals surface area (Å²) in [7, 11) is 0. The van der Waals surface area contributed by atoms with Crippen LogP contribution in [0.1, 0.15) is 12.4 Å². The highest BCUT2D eigenvalue weighted by Crippen LogP contribution is 2.08. The first-order valence-electron chi connectivity index (χ1n) is 3.06. The van der Waals surface area contributed by atoms with Gasteiger partial charge >= 0.3 is 6.55 Å². The Hall–Kier alpha value is -0.530. The van der Waals surface area contributed by atoms with Gasteiger partial charge in [-0.3, -0.25) is 4.79 Å². The van der Waals surface area contributed by atoms with Gasteiger partial charge in [0.25, 0.3) is 5.56 Å². The highest BCUT2D eigenvalue weighted by atomic mass is 127. The molecule has 0 bridgehead atoms. The molecule has 0 aliphatic heterocycles. The number of hydrogen-bond acceptors (Lipinski definition) is 2. The van der Waals surface area contributed by atoms with Crippen molar-refractivity contribution in [2.75, 3.05) is 0 Å². The second kappa shape index (κ2) is 3.46. The molecule has 6 heteroatoms. The van der Waals surface area contributed by atoms with Gasteiger partial charge in [0.05, 0.1) is 3.57 Å². The van der Waals surface area contributed by atoms with E-state index in [9.17, 15) is 13.6 Å². The molecule has 0 saturated heterocycles. The highest BCUT2D eigenvalue weighted by Gasteiger charge is 2.13. The van der Waals surface area contributed by atoms with Crippen LogP contribution in [0.25, 0.3) is 0 Å². The number of aromatic nitrogens is 2. The molecule has 0 aliphatic carbocycles. The quantitative estimate of drug-likeness (QED) is 0.734. The molecule has 0 atom stereocenters. The van der Waals surface area contributed by atoms with Crippen LogP contribution in [0.3, 0.4) is 0 Å². The Morgan fingerprint density at radius 2 is 2.25 bits per heavy atom. The number of aryl methyl sites for hydroxylation is 1. The molecule has 66 valence electrons. The number of hydrogen-bond donors (Lipinski definition) is 0. The standard InChI is InChI=1S/C6H5F2IN2O/c1-3-10-2-4(9)5(12)11(3)6(7)8/h2,6H,1H3. The smallest absolute Gasteiger partial charge is 0.268 e. The number of halogens is 3. The molecule has 3 nitrogen and oxygen atoms in total. The van der Waals surface area contributed by atoms with E-state index in [1.807, 2.05) is 0 Å². The van der Waals surface area contributed by atoms with Crippen molar-refractivity contribution in [1.82, 2.24) is 9.55 Å². The third-order valence-corrected chi connectivity index (χ3v) is 2.07. The van der Waals surface area contributed by atoms with E-state index in [2.05, 4.69) is 4.98 Å². The fourth-order valence-corrected chi connectivity index (χ4v) is 1.16. The van der Waals surface area contributed by atoms with E-state index in [1.54, 1.807) is 22.6 Å². The Morgan fingerprint density at radius 3 is 2.67 bits per heavy atom. The summed E-state index contributed by atoms with van der Waals surface area (Å²) in [5.41, 5.74) is -0.696. The number of rotatable bonds is 1. The van der Waals surface area contributed by atoms with Crippen molar-refractivity contribution in [3.63, 3.8) is 0 Å². The fraction of sp³-hybridized carbons (Fsp3) is 0.333. The summed E-state index contributed by atoms with van der Waals surface area (Å²) in [6, 6.07) is 0. The molecular weight excluding hydrogens is 281 g/mol. The molecule has 0 N–H and O–H groups in total. The molecular formula is C6H5F2IN2O. The van der Waals surface area contributed by atoms with Crippen molar-refractivity contribution in [1.29, 1.82) is 0 Å². The SMILES string of the molecule is Cc1ncc(I)c(=O)n1C(F)F. The summed E-state index contributed by atoms with van der Waals surface area (Å²) in [6.07, 6.45) is 1.27. The molecule has 0 fully saturated rings. The normalized spacial score (nSPS) is 10.8. The molecule has 0 unspecified atom stereocenters. The molecule has 0 saturated carbocycles. The lowest BCUT2D eigenvalue weighted by atomic mass is 10.5. The molecule has 0 aliphatic rings. The molecule has 0 amide bonds. The second-order valence-corrected chi connectivity index (χ2v) is 3.27. The van der Waals surface area contributed by atoms with Crippen molar-refractivity contribution in [3.05, 3.63) is 25.9 Å². The Kier molecular flexibility index (Phi) is 2.76. The summed E-state index contributed by atoms with van der Waals surface area (Å²) in [4.78, 5) is 14.7. The summed E-state index contributed by atoms with van der Waals surface area (Å²) >= 11 is 1.67. The number of alkyl halides is 2. The minimum absolute atomic E-state index is 0.0235. The van der Waals surface area contributed by atoms with Crippen LogP contribution in [0.5, 0.6) is 0 Å². The summed E-state index contributed by atoms with van der Waals surface area (Å²) in [5.74, 6) is 0.0235. The minimum Gasteiger partial charge on any atom is -0.268 e.